The van der Waals surface area contributed by atoms with Crippen molar-refractivity contribution in [3.05, 3.63) is 66.4 Å². The SMILES string of the molecule is COC(=O)c1cccc(Nc2cc(-c3ccc4c(c3)N(CCN3CCOCC3)C(=O)CO4)ccn2)c1. The first-order valence-electron chi connectivity index (χ1n) is 11.9. The predicted molar refractivity (Wildman–Crippen MR) is 136 cm³/mol. The van der Waals surface area contributed by atoms with E-state index >= 15 is 0 Å². The van der Waals surface area contributed by atoms with E-state index in [0.29, 0.717) is 23.7 Å². The van der Waals surface area contributed by atoms with Crippen LogP contribution in [0.1, 0.15) is 10.4 Å². The molecule has 3 heterocycles. The summed E-state index contributed by atoms with van der Waals surface area (Å²) >= 11 is 0. The number of methoxy groups -OCH3 is 1. The van der Waals surface area contributed by atoms with E-state index in [1.165, 1.54) is 7.11 Å². The number of esters is 1. The fourth-order valence-electron chi connectivity index (χ4n) is 4.36. The van der Waals surface area contributed by atoms with Crippen molar-refractivity contribution in [2.45, 2.75) is 0 Å². The molecule has 1 aromatic heterocycles. The maximum atomic E-state index is 12.7. The van der Waals surface area contributed by atoms with Gasteiger partial charge in [0.2, 0.25) is 0 Å². The van der Waals surface area contributed by atoms with Crippen LogP contribution in [0, 0.1) is 0 Å². The van der Waals surface area contributed by atoms with Gasteiger partial charge in [0.25, 0.3) is 5.91 Å². The lowest BCUT2D eigenvalue weighted by Crippen LogP contribution is -2.45. The van der Waals surface area contributed by atoms with Crippen LogP contribution in [0.3, 0.4) is 0 Å². The molecule has 1 fully saturated rings. The van der Waals surface area contributed by atoms with Gasteiger partial charge in [-0.1, -0.05) is 12.1 Å². The first-order valence-corrected chi connectivity index (χ1v) is 11.9. The van der Waals surface area contributed by atoms with E-state index in [4.69, 9.17) is 14.2 Å². The van der Waals surface area contributed by atoms with E-state index < -0.39 is 5.97 Å². The minimum absolute atomic E-state index is 0.0451. The van der Waals surface area contributed by atoms with Crippen molar-refractivity contribution in [1.82, 2.24) is 9.88 Å². The summed E-state index contributed by atoms with van der Waals surface area (Å²) in [5, 5.41) is 3.24. The van der Waals surface area contributed by atoms with Crippen LogP contribution < -0.4 is 15.0 Å². The number of carbonyl (C=O) groups is 2. The zero-order valence-electron chi connectivity index (χ0n) is 20.1. The third-order valence-corrected chi connectivity index (χ3v) is 6.29. The number of nitrogens with zero attached hydrogens (tertiary/aromatic N) is 3. The number of ether oxygens (including phenoxy) is 3. The molecule has 0 radical (unpaired) electrons. The van der Waals surface area contributed by atoms with Gasteiger partial charge in [0.15, 0.2) is 6.61 Å². The van der Waals surface area contributed by atoms with Crippen LogP contribution >= 0.6 is 0 Å². The van der Waals surface area contributed by atoms with Crippen molar-refractivity contribution in [3.63, 3.8) is 0 Å². The fraction of sp³-hybridized carbons (Fsp3) is 0.296. The second-order valence-electron chi connectivity index (χ2n) is 8.60. The molecule has 1 N–H and O–H groups in total. The molecule has 0 unspecified atom stereocenters. The highest BCUT2D eigenvalue weighted by Gasteiger charge is 2.26. The zero-order chi connectivity index (χ0) is 24.9. The van der Waals surface area contributed by atoms with E-state index in [9.17, 15) is 9.59 Å². The molecule has 5 rings (SSSR count). The highest BCUT2D eigenvalue weighted by molar-refractivity contribution is 5.98. The molecular weight excluding hydrogens is 460 g/mol. The van der Waals surface area contributed by atoms with Gasteiger partial charge in [-0.25, -0.2) is 9.78 Å². The third-order valence-electron chi connectivity index (χ3n) is 6.29. The number of hydrogen-bond donors (Lipinski definition) is 1. The Kier molecular flexibility index (Phi) is 7.11. The lowest BCUT2D eigenvalue weighted by molar-refractivity contribution is -0.121. The van der Waals surface area contributed by atoms with Gasteiger partial charge >= 0.3 is 5.97 Å². The largest absolute Gasteiger partial charge is 0.482 e. The van der Waals surface area contributed by atoms with Crippen LogP contribution in [0.15, 0.2) is 60.8 Å². The molecule has 3 aromatic rings. The number of nitrogens with one attached hydrogen (secondary N) is 1. The average molecular weight is 489 g/mol. The van der Waals surface area contributed by atoms with E-state index in [-0.39, 0.29) is 12.5 Å². The number of benzene rings is 2. The Bertz CT molecular complexity index is 1260. The van der Waals surface area contributed by atoms with Crippen molar-refractivity contribution in [3.8, 4) is 16.9 Å². The lowest BCUT2D eigenvalue weighted by atomic mass is 10.0. The van der Waals surface area contributed by atoms with Gasteiger partial charge < -0.3 is 24.4 Å². The number of aromatic nitrogens is 1. The molecule has 2 aliphatic rings. The van der Waals surface area contributed by atoms with Crippen LogP contribution in [0.5, 0.6) is 5.75 Å². The molecule has 9 nitrogen and oxygen atoms in total. The number of fused-ring (bicyclic) bond motifs is 1. The summed E-state index contributed by atoms with van der Waals surface area (Å²) in [4.78, 5) is 33.1. The number of hydrogen-bond acceptors (Lipinski definition) is 8. The summed E-state index contributed by atoms with van der Waals surface area (Å²) in [7, 11) is 1.36. The van der Waals surface area contributed by atoms with Crippen molar-refractivity contribution >= 4 is 29.1 Å². The van der Waals surface area contributed by atoms with Crippen molar-refractivity contribution in [2.75, 3.05) is 63.3 Å². The third kappa shape index (κ3) is 5.32. The molecule has 1 amide bonds. The highest BCUT2D eigenvalue weighted by atomic mass is 16.5. The minimum atomic E-state index is -0.399. The van der Waals surface area contributed by atoms with E-state index in [1.807, 2.05) is 41.3 Å². The normalized spacial score (nSPS) is 15.7. The van der Waals surface area contributed by atoms with Gasteiger partial charge in [-0.2, -0.15) is 0 Å². The molecule has 0 atom stereocenters. The molecule has 0 bridgehead atoms. The molecule has 0 spiro atoms. The molecule has 1 saturated heterocycles. The Hall–Kier alpha value is -3.95. The Labute approximate surface area is 209 Å². The number of anilines is 3. The molecule has 9 heteroatoms. The van der Waals surface area contributed by atoms with Gasteiger partial charge in [0, 0.05) is 38.1 Å². The topological polar surface area (TPSA) is 93.2 Å². The summed E-state index contributed by atoms with van der Waals surface area (Å²) in [6, 6.07) is 16.8. The van der Waals surface area contributed by atoms with Gasteiger partial charge in [-0.3, -0.25) is 9.69 Å². The molecule has 0 saturated carbocycles. The first-order chi connectivity index (χ1) is 17.6. The minimum Gasteiger partial charge on any atom is -0.482 e. The van der Waals surface area contributed by atoms with E-state index in [2.05, 4.69) is 15.2 Å². The van der Waals surface area contributed by atoms with Crippen molar-refractivity contribution < 1.29 is 23.8 Å². The van der Waals surface area contributed by atoms with E-state index in [1.54, 1.807) is 24.4 Å². The maximum Gasteiger partial charge on any atom is 0.337 e. The van der Waals surface area contributed by atoms with Gasteiger partial charge in [0.05, 0.1) is 31.6 Å². The highest BCUT2D eigenvalue weighted by Crippen LogP contribution is 2.36. The van der Waals surface area contributed by atoms with Gasteiger partial charge in [-0.15, -0.1) is 0 Å². The summed E-state index contributed by atoms with van der Waals surface area (Å²) in [6.45, 7) is 4.63. The monoisotopic (exact) mass is 488 g/mol. The Morgan fingerprint density at radius 1 is 1.06 bits per heavy atom. The molecule has 36 heavy (non-hydrogen) atoms. The van der Waals surface area contributed by atoms with Gasteiger partial charge in [0.1, 0.15) is 11.6 Å². The number of carbonyl (C=O) groups excluding carboxylic acids is 2. The Morgan fingerprint density at radius 3 is 2.72 bits per heavy atom. The second-order valence-corrected chi connectivity index (χ2v) is 8.60. The smallest absolute Gasteiger partial charge is 0.337 e. The second kappa shape index (κ2) is 10.8. The zero-order valence-corrected chi connectivity index (χ0v) is 20.1. The van der Waals surface area contributed by atoms with Crippen molar-refractivity contribution in [2.24, 2.45) is 0 Å². The molecule has 0 aliphatic carbocycles. The molecule has 186 valence electrons. The van der Waals surface area contributed by atoms with E-state index in [0.717, 1.165) is 55.3 Å². The van der Waals surface area contributed by atoms with Crippen molar-refractivity contribution in [1.29, 1.82) is 0 Å². The summed E-state index contributed by atoms with van der Waals surface area (Å²) < 4.78 is 15.9. The number of amides is 1. The van der Waals surface area contributed by atoms with Crippen LogP contribution in [0.2, 0.25) is 0 Å². The summed E-state index contributed by atoms with van der Waals surface area (Å²) in [5.74, 6) is 0.885. The van der Waals surface area contributed by atoms with Crippen LogP contribution in [-0.2, 0) is 14.3 Å². The summed E-state index contributed by atoms with van der Waals surface area (Å²) in [6.07, 6.45) is 1.72. The number of pyridine rings is 1. The standard InChI is InChI=1S/C27H28N4O5/c1-34-27(33)21-3-2-4-22(15-21)29-25-17-20(7-8-28-25)19-5-6-24-23(16-19)31(26(32)18-36-24)10-9-30-11-13-35-14-12-30/h2-8,15-17H,9-14,18H2,1H3,(H,28,29). The molecular formula is C27H28N4O5. The van der Waals surface area contributed by atoms with Crippen LogP contribution in [-0.4, -0.2) is 74.9 Å². The lowest BCUT2D eigenvalue weighted by Gasteiger charge is -2.33. The molecule has 2 aromatic carbocycles. The number of morpholine rings is 1. The Morgan fingerprint density at radius 2 is 1.89 bits per heavy atom. The molecule has 2 aliphatic heterocycles. The maximum absolute atomic E-state index is 12.7. The fourth-order valence-corrected chi connectivity index (χ4v) is 4.36. The Balaban J connectivity index is 1.36. The quantitative estimate of drug-likeness (QED) is 0.507. The first kappa shape index (κ1) is 23.8. The summed E-state index contributed by atoms with van der Waals surface area (Å²) in [5.41, 5.74) is 3.83. The van der Waals surface area contributed by atoms with Crippen LogP contribution in [0.25, 0.3) is 11.1 Å². The predicted octanol–water partition coefficient (Wildman–Crippen LogP) is 3.34. The number of rotatable bonds is 7. The van der Waals surface area contributed by atoms with Gasteiger partial charge in [-0.05, 0) is 53.6 Å². The van der Waals surface area contributed by atoms with Crippen LogP contribution in [0.4, 0.5) is 17.2 Å². The average Bonchev–Trinajstić information content (AvgIpc) is 2.92.